The van der Waals surface area contributed by atoms with Crippen molar-refractivity contribution in [3.63, 3.8) is 0 Å². The summed E-state index contributed by atoms with van der Waals surface area (Å²) >= 11 is 3.34. The van der Waals surface area contributed by atoms with Crippen molar-refractivity contribution in [3.05, 3.63) is 34.1 Å². The number of nitrogens with one attached hydrogen (secondary N) is 1. The van der Waals surface area contributed by atoms with Crippen LogP contribution in [-0.4, -0.2) is 19.8 Å². The molecule has 0 fully saturated rings. The molecule has 0 spiro atoms. The van der Waals surface area contributed by atoms with Crippen LogP contribution in [0.3, 0.4) is 0 Å². The molecule has 0 aromatic heterocycles. The average Bonchev–Trinajstić information content (AvgIpc) is 2.36. The van der Waals surface area contributed by atoms with Crippen molar-refractivity contribution in [3.8, 4) is 0 Å². The highest BCUT2D eigenvalue weighted by atomic mass is 79.9. The molecule has 2 nitrogen and oxygen atoms in total. The number of halogens is 2. The predicted octanol–water partition coefficient (Wildman–Crippen LogP) is 3.88. The predicted molar refractivity (Wildman–Crippen MR) is 76.2 cm³/mol. The highest BCUT2D eigenvalue weighted by Crippen LogP contribution is 2.15. The molecule has 0 unspecified atom stereocenters. The Morgan fingerprint density at radius 3 is 2.83 bits per heavy atom. The van der Waals surface area contributed by atoms with Crippen molar-refractivity contribution < 1.29 is 9.13 Å². The molecule has 0 bridgehead atoms. The first-order valence-corrected chi connectivity index (χ1v) is 7.25. The van der Waals surface area contributed by atoms with Gasteiger partial charge in [0.05, 0.1) is 0 Å². The van der Waals surface area contributed by atoms with Crippen molar-refractivity contribution in [2.24, 2.45) is 0 Å². The Hall–Kier alpha value is -0.450. The highest BCUT2D eigenvalue weighted by Gasteiger charge is 2.01. The first kappa shape index (κ1) is 15.6. The first-order valence-electron chi connectivity index (χ1n) is 6.46. The van der Waals surface area contributed by atoms with E-state index in [4.69, 9.17) is 4.74 Å². The smallest absolute Gasteiger partial charge is 0.127 e. The molecular formula is C14H21BrFNO. The van der Waals surface area contributed by atoms with Gasteiger partial charge in [-0.15, -0.1) is 0 Å². The number of benzene rings is 1. The minimum absolute atomic E-state index is 0.162. The lowest BCUT2D eigenvalue weighted by Crippen LogP contribution is -2.17. The van der Waals surface area contributed by atoms with E-state index < -0.39 is 0 Å². The van der Waals surface area contributed by atoms with E-state index in [2.05, 4.69) is 28.2 Å². The van der Waals surface area contributed by atoms with Gasteiger partial charge in [0.15, 0.2) is 0 Å². The van der Waals surface area contributed by atoms with Crippen LogP contribution in [0.15, 0.2) is 22.7 Å². The van der Waals surface area contributed by atoms with Gasteiger partial charge in [-0.05, 0) is 37.6 Å². The zero-order valence-electron chi connectivity index (χ0n) is 10.8. The number of ether oxygens (including phenoxy) is 1. The summed E-state index contributed by atoms with van der Waals surface area (Å²) in [5.41, 5.74) is 0.691. The second-order valence-electron chi connectivity index (χ2n) is 4.23. The third-order valence-electron chi connectivity index (χ3n) is 2.61. The number of hydrogen-bond acceptors (Lipinski definition) is 2. The van der Waals surface area contributed by atoms with Gasteiger partial charge in [0.2, 0.25) is 0 Å². The van der Waals surface area contributed by atoms with Crippen LogP contribution in [0.5, 0.6) is 0 Å². The standard InChI is InChI=1S/C14H21BrFNO/c1-2-3-8-18-9-4-7-17-11-12-10-13(15)5-6-14(12)16/h5-6,10,17H,2-4,7-9,11H2,1H3. The number of unbranched alkanes of at least 4 members (excludes halogenated alkanes) is 1. The second kappa shape index (κ2) is 9.48. The molecule has 0 aliphatic rings. The van der Waals surface area contributed by atoms with Crippen molar-refractivity contribution >= 4 is 15.9 Å². The van der Waals surface area contributed by atoms with Crippen LogP contribution < -0.4 is 5.32 Å². The van der Waals surface area contributed by atoms with Crippen LogP contribution in [0.25, 0.3) is 0 Å². The van der Waals surface area contributed by atoms with Crippen molar-refractivity contribution in [1.29, 1.82) is 0 Å². The van der Waals surface area contributed by atoms with Crippen LogP contribution >= 0.6 is 15.9 Å². The topological polar surface area (TPSA) is 21.3 Å². The minimum atomic E-state index is -0.162. The third-order valence-corrected chi connectivity index (χ3v) is 3.10. The van der Waals surface area contributed by atoms with Crippen molar-refractivity contribution in [2.45, 2.75) is 32.7 Å². The summed E-state index contributed by atoms with van der Waals surface area (Å²) in [6.07, 6.45) is 3.25. The Labute approximate surface area is 117 Å². The van der Waals surface area contributed by atoms with E-state index in [0.717, 1.165) is 37.1 Å². The lowest BCUT2D eigenvalue weighted by molar-refractivity contribution is 0.128. The van der Waals surface area contributed by atoms with Gasteiger partial charge in [0.1, 0.15) is 5.82 Å². The zero-order chi connectivity index (χ0) is 13.2. The van der Waals surface area contributed by atoms with Crippen LogP contribution in [0, 0.1) is 5.82 Å². The molecule has 4 heteroatoms. The maximum Gasteiger partial charge on any atom is 0.127 e. The van der Waals surface area contributed by atoms with Gasteiger partial charge in [-0.25, -0.2) is 4.39 Å². The molecule has 0 atom stereocenters. The molecule has 102 valence electrons. The van der Waals surface area contributed by atoms with Gasteiger partial charge >= 0.3 is 0 Å². The number of hydrogen-bond donors (Lipinski definition) is 1. The Morgan fingerprint density at radius 1 is 1.28 bits per heavy atom. The van der Waals surface area contributed by atoms with E-state index in [1.807, 2.05) is 0 Å². The molecule has 1 aromatic rings. The number of rotatable bonds is 9. The van der Waals surface area contributed by atoms with Gasteiger partial charge in [0.25, 0.3) is 0 Å². The summed E-state index contributed by atoms with van der Waals surface area (Å²) in [5, 5.41) is 3.22. The van der Waals surface area contributed by atoms with Gasteiger partial charge in [0, 0.05) is 29.8 Å². The highest BCUT2D eigenvalue weighted by molar-refractivity contribution is 9.10. The summed E-state index contributed by atoms with van der Waals surface area (Å²) in [6.45, 7) is 5.17. The largest absolute Gasteiger partial charge is 0.381 e. The van der Waals surface area contributed by atoms with Crippen LogP contribution in [-0.2, 0) is 11.3 Å². The quantitative estimate of drug-likeness (QED) is 0.698. The average molecular weight is 318 g/mol. The Morgan fingerprint density at radius 2 is 2.06 bits per heavy atom. The molecular weight excluding hydrogens is 297 g/mol. The van der Waals surface area contributed by atoms with Crippen LogP contribution in [0.4, 0.5) is 4.39 Å². The van der Waals surface area contributed by atoms with Gasteiger partial charge in [-0.2, -0.15) is 0 Å². The van der Waals surface area contributed by atoms with E-state index in [-0.39, 0.29) is 5.82 Å². The van der Waals surface area contributed by atoms with Gasteiger partial charge in [-0.3, -0.25) is 0 Å². The molecule has 0 aliphatic carbocycles. The maximum absolute atomic E-state index is 13.4. The fourth-order valence-corrected chi connectivity index (χ4v) is 1.96. The van der Waals surface area contributed by atoms with Crippen LogP contribution in [0.2, 0.25) is 0 Å². The molecule has 18 heavy (non-hydrogen) atoms. The lowest BCUT2D eigenvalue weighted by atomic mass is 10.2. The van der Waals surface area contributed by atoms with Crippen molar-refractivity contribution in [1.82, 2.24) is 5.32 Å². The molecule has 1 N–H and O–H groups in total. The summed E-state index contributed by atoms with van der Waals surface area (Å²) in [4.78, 5) is 0. The molecule has 0 radical (unpaired) electrons. The van der Waals surface area contributed by atoms with Gasteiger partial charge in [-0.1, -0.05) is 29.3 Å². The lowest BCUT2D eigenvalue weighted by Gasteiger charge is -2.07. The normalized spacial score (nSPS) is 10.8. The Bertz CT molecular complexity index is 347. The van der Waals surface area contributed by atoms with Crippen LogP contribution in [0.1, 0.15) is 31.7 Å². The van der Waals surface area contributed by atoms with Crippen molar-refractivity contribution in [2.75, 3.05) is 19.8 Å². The van der Waals surface area contributed by atoms with E-state index in [0.29, 0.717) is 12.1 Å². The summed E-state index contributed by atoms with van der Waals surface area (Å²) in [6, 6.07) is 5.00. The summed E-state index contributed by atoms with van der Waals surface area (Å²) in [5.74, 6) is -0.162. The first-order chi connectivity index (χ1) is 8.74. The SMILES string of the molecule is CCCCOCCCNCc1cc(Br)ccc1F. The molecule has 1 rings (SSSR count). The second-order valence-corrected chi connectivity index (χ2v) is 5.15. The Balaban J connectivity index is 2.09. The summed E-state index contributed by atoms with van der Waals surface area (Å²) in [7, 11) is 0. The molecule has 0 saturated carbocycles. The minimum Gasteiger partial charge on any atom is -0.381 e. The zero-order valence-corrected chi connectivity index (χ0v) is 12.4. The molecule has 0 aliphatic heterocycles. The van der Waals surface area contributed by atoms with E-state index >= 15 is 0 Å². The molecule has 0 saturated heterocycles. The van der Waals surface area contributed by atoms with Gasteiger partial charge < -0.3 is 10.1 Å². The maximum atomic E-state index is 13.4. The fraction of sp³-hybridized carbons (Fsp3) is 0.571. The summed E-state index contributed by atoms with van der Waals surface area (Å²) < 4.78 is 19.8. The monoisotopic (exact) mass is 317 g/mol. The van der Waals surface area contributed by atoms with E-state index in [1.165, 1.54) is 12.5 Å². The Kier molecular flexibility index (Phi) is 8.22. The molecule has 0 amide bonds. The van der Waals surface area contributed by atoms with E-state index in [9.17, 15) is 4.39 Å². The third kappa shape index (κ3) is 6.47. The van der Waals surface area contributed by atoms with E-state index in [1.54, 1.807) is 12.1 Å². The molecule has 0 heterocycles. The molecule has 1 aromatic carbocycles. The fourth-order valence-electron chi connectivity index (χ4n) is 1.55.